The molecule has 1 fully saturated rings. The third kappa shape index (κ3) is 4.09. The number of hydrogen-bond donors (Lipinski definition) is 1. The van der Waals surface area contributed by atoms with E-state index in [4.69, 9.17) is 0 Å². The molecule has 0 saturated carbocycles. The second kappa shape index (κ2) is 8.99. The van der Waals surface area contributed by atoms with Crippen molar-refractivity contribution >= 4 is 48.2 Å². The predicted octanol–water partition coefficient (Wildman–Crippen LogP) is 2.26. The number of para-hydroxylation sites is 1. The smallest absolute Gasteiger partial charge is 0.244 e. The molecule has 1 N–H and O–H groups in total. The third-order valence-corrected chi connectivity index (χ3v) is 5.09. The van der Waals surface area contributed by atoms with Crippen LogP contribution in [-0.4, -0.2) is 55.3 Å². The maximum absolute atomic E-state index is 12.8. The minimum atomic E-state index is -0.0340. The van der Waals surface area contributed by atoms with Crippen LogP contribution >= 0.6 is 36.6 Å². The Hall–Kier alpha value is -0.460. The number of anilines is 1. The van der Waals surface area contributed by atoms with E-state index >= 15 is 0 Å². The first kappa shape index (κ1) is 19.6. The van der Waals surface area contributed by atoms with Gasteiger partial charge >= 0.3 is 0 Å². The van der Waals surface area contributed by atoms with Gasteiger partial charge in [0.15, 0.2) is 0 Å². The zero-order valence-corrected chi connectivity index (χ0v) is 15.1. The molecule has 0 aliphatic carbocycles. The van der Waals surface area contributed by atoms with E-state index < -0.39 is 0 Å². The molecule has 0 bridgehead atoms. The lowest BCUT2D eigenvalue weighted by Crippen LogP contribution is -2.54. The maximum Gasteiger partial charge on any atom is 0.244 e. The van der Waals surface area contributed by atoms with Crippen molar-refractivity contribution < 1.29 is 4.79 Å². The second-order valence-corrected chi connectivity index (χ2v) is 6.40. The molecule has 0 aromatic heterocycles. The molecule has 7 heteroatoms. The monoisotopic (exact) mass is 363 g/mol. The van der Waals surface area contributed by atoms with Gasteiger partial charge in [-0.25, -0.2) is 0 Å². The van der Waals surface area contributed by atoms with Gasteiger partial charge in [0.25, 0.3) is 0 Å². The highest BCUT2D eigenvalue weighted by Gasteiger charge is 2.30. The summed E-state index contributed by atoms with van der Waals surface area (Å²) >= 11 is 1.84. The van der Waals surface area contributed by atoms with E-state index in [2.05, 4.69) is 22.3 Å². The molecule has 1 unspecified atom stereocenters. The largest absolute Gasteiger partial charge is 0.314 e. The highest BCUT2D eigenvalue weighted by atomic mass is 35.5. The molecule has 2 aliphatic heterocycles. The van der Waals surface area contributed by atoms with Crippen molar-refractivity contribution in [3.8, 4) is 0 Å². The average molecular weight is 364 g/mol. The number of thioether (sulfide) groups is 1. The van der Waals surface area contributed by atoms with Crippen LogP contribution in [0.1, 0.15) is 6.92 Å². The topological polar surface area (TPSA) is 35.6 Å². The molecule has 0 spiro atoms. The highest BCUT2D eigenvalue weighted by molar-refractivity contribution is 7.99. The van der Waals surface area contributed by atoms with Gasteiger partial charge in [-0.1, -0.05) is 12.1 Å². The molecule has 1 saturated heterocycles. The predicted molar refractivity (Wildman–Crippen MR) is 97.9 cm³/mol. The molecular weight excluding hydrogens is 341 g/mol. The van der Waals surface area contributed by atoms with Crippen molar-refractivity contribution in [1.82, 2.24) is 10.2 Å². The Bertz CT molecular complexity index is 497. The highest BCUT2D eigenvalue weighted by Crippen LogP contribution is 2.34. The Morgan fingerprint density at radius 3 is 2.59 bits per heavy atom. The van der Waals surface area contributed by atoms with Gasteiger partial charge in [-0.2, -0.15) is 0 Å². The first-order valence-electron chi connectivity index (χ1n) is 7.25. The molecule has 1 aromatic carbocycles. The number of amides is 1. The zero-order chi connectivity index (χ0) is 13.9. The number of rotatable bonds is 2. The SMILES string of the molecule is CC(C(=O)N1CCSc2ccccc21)N1CCNCC1.Cl.Cl. The van der Waals surface area contributed by atoms with Crippen LogP contribution in [0.4, 0.5) is 5.69 Å². The molecule has 4 nitrogen and oxygen atoms in total. The Morgan fingerprint density at radius 1 is 1.18 bits per heavy atom. The molecule has 22 heavy (non-hydrogen) atoms. The first-order chi connectivity index (χ1) is 9.77. The number of halogens is 2. The van der Waals surface area contributed by atoms with E-state index in [0.717, 1.165) is 44.2 Å². The molecule has 2 aliphatic rings. The Balaban J connectivity index is 0.00000121. The first-order valence-corrected chi connectivity index (χ1v) is 8.24. The molecular formula is C15H23Cl2N3OS. The molecule has 1 amide bonds. The van der Waals surface area contributed by atoms with Gasteiger partial charge < -0.3 is 10.2 Å². The van der Waals surface area contributed by atoms with Crippen molar-refractivity contribution in [2.45, 2.75) is 17.9 Å². The molecule has 2 heterocycles. The van der Waals surface area contributed by atoms with Crippen molar-refractivity contribution in [2.75, 3.05) is 43.4 Å². The Kier molecular flexibility index (Phi) is 8.00. The third-order valence-electron chi connectivity index (χ3n) is 4.05. The van der Waals surface area contributed by atoms with Crippen LogP contribution < -0.4 is 10.2 Å². The molecule has 1 atom stereocenters. The van der Waals surface area contributed by atoms with Gasteiger partial charge in [0.1, 0.15) is 0 Å². The fourth-order valence-electron chi connectivity index (χ4n) is 2.85. The summed E-state index contributed by atoms with van der Waals surface area (Å²) in [5, 5.41) is 3.33. The van der Waals surface area contributed by atoms with Crippen LogP contribution in [0.15, 0.2) is 29.2 Å². The number of hydrogen-bond acceptors (Lipinski definition) is 4. The second-order valence-electron chi connectivity index (χ2n) is 5.27. The minimum absolute atomic E-state index is 0. The Labute approximate surface area is 148 Å². The number of benzene rings is 1. The minimum Gasteiger partial charge on any atom is -0.314 e. The lowest BCUT2D eigenvalue weighted by molar-refractivity contribution is -0.123. The molecule has 0 radical (unpaired) electrons. The summed E-state index contributed by atoms with van der Waals surface area (Å²) in [4.78, 5) is 18.3. The number of carbonyl (C=O) groups excluding carboxylic acids is 1. The van der Waals surface area contributed by atoms with Crippen LogP contribution in [0.2, 0.25) is 0 Å². The quantitative estimate of drug-likeness (QED) is 0.873. The summed E-state index contributed by atoms with van der Waals surface area (Å²) in [5.41, 5.74) is 1.08. The van der Waals surface area contributed by atoms with Gasteiger partial charge in [-0.15, -0.1) is 36.6 Å². The average Bonchev–Trinajstić information content (AvgIpc) is 2.54. The summed E-state index contributed by atoms with van der Waals surface area (Å²) in [5.74, 6) is 1.22. The van der Waals surface area contributed by atoms with E-state index in [-0.39, 0.29) is 36.8 Å². The van der Waals surface area contributed by atoms with E-state index in [1.54, 1.807) is 0 Å². The van der Waals surface area contributed by atoms with Gasteiger partial charge in [-0.3, -0.25) is 9.69 Å². The number of nitrogens with one attached hydrogen (secondary N) is 1. The van der Waals surface area contributed by atoms with Crippen molar-refractivity contribution in [2.24, 2.45) is 0 Å². The van der Waals surface area contributed by atoms with Gasteiger partial charge in [0, 0.05) is 43.4 Å². The van der Waals surface area contributed by atoms with Crippen molar-refractivity contribution in [1.29, 1.82) is 0 Å². The summed E-state index contributed by atoms with van der Waals surface area (Å²) in [7, 11) is 0. The van der Waals surface area contributed by atoms with Crippen LogP contribution in [0, 0.1) is 0 Å². The van der Waals surface area contributed by atoms with E-state index in [1.807, 2.05) is 35.7 Å². The van der Waals surface area contributed by atoms with E-state index in [9.17, 15) is 4.79 Å². The summed E-state index contributed by atoms with van der Waals surface area (Å²) in [6.07, 6.45) is 0. The van der Waals surface area contributed by atoms with Gasteiger partial charge in [-0.05, 0) is 19.1 Å². The normalized spacial score (nSPS) is 19.4. The van der Waals surface area contributed by atoms with Crippen molar-refractivity contribution in [3.63, 3.8) is 0 Å². The lowest BCUT2D eigenvalue weighted by atomic mass is 10.2. The van der Waals surface area contributed by atoms with Crippen LogP contribution in [0.3, 0.4) is 0 Å². The van der Waals surface area contributed by atoms with Gasteiger partial charge in [0.05, 0.1) is 11.7 Å². The number of fused-ring (bicyclic) bond motifs is 1. The van der Waals surface area contributed by atoms with Gasteiger partial charge in [0.2, 0.25) is 5.91 Å². The zero-order valence-electron chi connectivity index (χ0n) is 12.7. The van der Waals surface area contributed by atoms with Crippen LogP contribution in [-0.2, 0) is 4.79 Å². The summed E-state index contributed by atoms with van der Waals surface area (Å²) < 4.78 is 0. The van der Waals surface area contributed by atoms with Crippen molar-refractivity contribution in [3.05, 3.63) is 24.3 Å². The number of carbonyl (C=O) groups is 1. The number of piperazine rings is 1. The van der Waals surface area contributed by atoms with Crippen LogP contribution in [0.5, 0.6) is 0 Å². The fraction of sp³-hybridized carbons (Fsp3) is 0.533. The standard InChI is InChI=1S/C15H21N3OS.2ClH/c1-12(17-8-6-16-7-9-17)15(19)18-10-11-20-14-5-3-2-4-13(14)18;;/h2-5,12,16H,6-11H2,1H3;2*1H. The molecule has 124 valence electrons. The summed E-state index contributed by atoms with van der Waals surface area (Å²) in [6, 6.07) is 8.19. The molecule has 1 aromatic rings. The van der Waals surface area contributed by atoms with Crippen LogP contribution in [0.25, 0.3) is 0 Å². The fourth-order valence-corrected chi connectivity index (χ4v) is 3.84. The summed E-state index contributed by atoms with van der Waals surface area (Å²) in [6.45, 7) is 6.72. The van der Waals surface area contributed by atoms with E-state index in [1.165, 1.54) is 4.90 Å². The number of nitrogens with zero attached hydrogens (tertiary/aromatic N) is 2. The Morgan fingerprint density at radius 2 is 1.86 bits per heavy atom. The maximum atomic E-state index is 12.8. The van der Waals surface area contributed by atoms with E-state index in [0.29, 0.717) is 0 Å². The lowest BCUT2D eigenvalue weighted by Gasteiger charge is -2.36. The molecule has 3 rings (SSSR count).